The summed E-state index contributed by atoms with van der Waals surface area (Å²) in [6.07, 6.45) is 1.65. The predicted molar refractivity (Wildman–Crippen MR) is 52.1 cm³/mol. The molecule has 1 aromatic rings. The smallest absolute Gasteiger partial charge is 0.307 e. The summed E-state index contributed by atoms with van der Waals surface area (Å²) in [5.41, 5.74) is -0.314. The number of methoxy groups -OCH3 is 1. The van der Waals surface area contributed by atoms with Crippen molar-refractivity contribution in [2.75, 3.05) is 7.11 Å². The van der Waals surface area contributed by atoms with E-state index in [-0.39, 0.29) is 30.1 Å². The van der Waals surface area contributed by atoms with E-state index in [2.05, 4.69) is 4.74 Å². The van der Waals surface area contributed by atoms with Gasteiger partial charge in [-0.15, -0.1) is 0 Å². The molecule has 0 aliphatic heterocycles. The summed E-state index contributed by atoms with van der Waals surface area (Å²) in [5, 5.41) is 8.61. The second kappa shape index (κ2) is 4.96. The van der Waals surface area contributed by atoms with Gasteiger partial charge < -0.3 is 9.30 Å². The van der Waals surface area contributed by atoms with Crippen molar-refractivity contribution in [3.8, 4) is 6.07 Å². The monoisotopic (exact) mass is 206 g/mol. The normalized spacial score (nSPS) is 9.33. The van der Waals surface area contributed by atoms with Crippen molar-refractivity contribution in [1.82, 2.24) is 4.57 Å². The van der Waals surface area contributed by atoms with Crippen molar-refractivity contribution in [3.63, 3.8) is 0 Å². The third kappa shape index (κ3) is 2.68. The number of aryl methyl sites for hydroxylation is 1. The molecule has 1 aromatic heterocycles. The zero-order chi connectivity index (χ0) is 11.3. The van der Waals surface area contributed by atoms with Gasteiger partial charge in [0.1, 0.15) is 11.6 Å². The summed E-state index contributed by atoms with van der Waals surface area (Å²) in [6.45, 7) is 0.223. The van der Waals surface area contributed by atoms with E-state index in [0.29, 0.717) is 0 Å². The Bertz CT molecular complexity index is 456. The van der Waals surface area contributed by atoms with Crippen LogP contribution in [0.15, 0.2) is 23.1 Å². The number of nitriles is 1. The van der Waals surface area contributed by atoms with Crippen molar-refractivity contribution in [3.05, 3.63) is 34.2 Å². The molecular weight excluding hydrogens is 196 g/mol. The predicted octanol–water partition coefficient (Wildman–Crippen LogP) is 0.283. The molecule has 0 radical (unpaired) electrons. The molecule has 0 unspecified atom stereocenters. The standard InChI is InChI=1S/C10H10N2O3/c1-15-9(13)4-6-12-5-2-3-8(7-11)10(12)14/h2-3,5H,4,6H2,1H3. The molecule has 0 saturated heterocycles. The van der Waals surface area contributed by atoms with E-state index in [1.807, 2.05) is 0 Å². The molecule has 0 fully saturated rings. The van der Waals surface area contributed by atoms with E-state index in [4.69, 9.17) is 5.26 Å². The van der Waals surface area contributed by atoms with Crippen LogP contribution in [0.4, 0.5) is 0 Å². The number of nitrogens with zero attached hydrogens (tertiary/aromatic N) is 2. The SMILES string of the molecule is COC(=O)CCn1cccc(C#N)c1=O. The highest BCUT2D eigenvalue weighted by atomic mass is 16.5. The van der Waals surface area contributed by atoms with Crippen LogP contribution in [-0.4, -0.2) is 17.6 Å². The summed E-state index contributed by atoms with van der Waals surface area (Å²) in [5.74, 6) is -0.385. The first-order valence-electron chi connectivity index (χ1n) is 4.35. The van der Waals surface area contributed by atoms with E-state index in [1.54, 1.807) is 12.1 Å². The van der Waals surface area contributed by atoms with Gasteiger partial charge in [-0.3, -0.25) is 9.59 Å². The molecule has 5 nitrogen and oxygen atoms in total. The van der Waals surface area contributed by atoms with E-state index in [9.17, 15) is 9.59 Å². The molecule has 0 spiro atoms. The highest BCUT2D eigenvalue weighted by molar-refractivity contribution is 5.68. The molecule has 0 amide bonds. The van der Waals surface area contributed by atoms with Crippen LogP contribution in [0.25, 0.3) is 0 Å². The number of ether oxygens (including phenoxy) is 1. The second-order valence-electron chi connectivity index (χ2n) is 2.86. The van der Waals surface area contributed by atoms with Gasteiger partial charge in [-0.2, -0.15) is 5.26 Å². The van der Waals surface area contributed by atoms with E-state index in [0.717, 1.165) is 0 Å². The molecule has 1 rings (SSSR count). The van der Waals surface area contributed by atoms with Crippen LogP contribution in [-0.2, 0) is 16.1 Å². The summed E-state index contributed by atoms with van der Waals surface area (Å²) in [7, 11) is 1.29. The highest BCUT2D eigenvalue weighted by Crippen LogP contribution is 1.93. The van der Waals surface area contributed by atoms with Crippen molar-refractivity contribution in [2.24, 2.45) is 0 Å². The Balaban J connectivity index is 2.84. The number of hydrogen-bond acceptors (Lipinski definition) is 4. The average molecular weight is 206 g/mol. The molecule has 0 aliphatic rings. The Labute approximate surface area is 86.5 Å². The van der Waals surface area contributed by atoms with Crippen LogP contribution in [0.2, 0.25) is 0 Å². The summed E-state index contributed by atoms with van der Waals surface area (Å²) in [6, 6.07) is 4.82. The molecule has 78 valence electrons. The number of rotatable bonds is 3. The lowest BCUT2D eigenvalue weighted by atomic mass is 10.3. The van der Waals surface area contributed by atoms with Crippen LogP contribution in [0, 0.1) is 11.3 Å². The zero-order valence-corrected chi connectivity index (χ0v) is 8.27. The molecule has 5 heteroatoms. The fraction of sp³-hybridized carbons (Fsp3) is 0.300. The first-order chi connectivity index (χ1) is 7.19. The van der Waals surface area contributed by atoms with Gasteiger partial charge in [0.05, 0.1) is 13.5 Å². The average Bonchev–Trinajstić information content (AvgIpc) is 2.27. The second-order valence-corrected chi connectivity index (χ2v) is 2.86. The number of carbonyl (C=O) groups excluding carboxylic acids is 1. The number of pyridine rings is 1. The molecule has 0 N–H and O–H groups in total. The molecule has 15 heavy (non-hydrogen) atoms. The maximum atomic E-state index is 11.5. The Hall–Kier alpha value is -2.09. The van der Waals surface area contributed by atoms with Gasteiger partial charge in [-0.25, -0.2) is 0 Å². The van der Waals surface area contributed by atoms with Crippen molar-refractivity contribution in [1.29, 1.82) is 5.26 Å². The van der Waals surface area contributed by atoms with Gasteiger partial charge in [0.25, 0.3) is 5.56 Å². The minimum Gasteiger partial charge on any atom is -0.469 e. The minimum atomic E-state index is -0.385. The zero-order valence-electron chi connectivity index (χ0n) is 8.27. The van der Waals surface area contributed by atoms with Crippen molar-refractivity contribution >= 4 is 5.97 Å². The topological polar surface area (TPSA) is 72.1 Å². The fourth-order valence-electron chi connectivity index (χ4n) is 1.11. The van der Waals surface area contributed by atoms with Gasteiger partial charge >= 0.3 is 5.97 Å². The van der Waals surface area contributed by atoms with Crippen LogP contribution >= 0.6 is 0 Å². The van der Waals surface area contributed by atoms with Gasteiger partial charge in [0, 0.05) is 12.7 Å². The lowest BCUT2D eigenvalue weighted by molar-refractivity contribution is -0.140. The number of hydrogen-bond donors (Lipinski definition) is 0. The Morgan fingerprint density at radius 2 is 2.40 bits per heavy atom. The number of esters is 1. The van der Waals surface area contributed by atoms with E-state index >= 15 is 0 Å². The summed E-state index contributed by atoms with van der Waals surface area (Å²) >= 11 is 0. The van der Waals surface area contributed by atoms with Crippen molar-refractivity contribution < 1.29 is 9.53 Å². The lowest BCUT2D eigenvalue weighted by Gasteiger charge is -2.03. The quantitative estimate of drug-likeness (QED) is 0.666. The molecule has 0 saturated carbocycles. The molecule has 1 heterocycles. The van der Waals surface area contributed by atoms with Gasteiger partial charge in [-0.05, 0) is 12.1 Å². The van der Waals surface area contributed by atoms with Crippen LogP contribution in [0.5, 0.6) is 0 Å². The van der Waals surface area contributed by atoms with Gasteiger partial charge in [0.15, 0.2) is 0 Å². The van der Waals surface area contributed by atoms with Gasteiger partial charge in [0.2, 0.25) is 0 Å². The maximum absolute atomic E-state index is 11.5. The number of carbonyl (C=O) groups is 1. The van der Waals surface area contributed by atoms with Gasteiger partial charge in [-0.1, -0.05) is 0 Å². The van der Waals surface area contributed by atoms with E-state index in [1.165, 1.54) is 23.9 Å². The summed E-state index contributed by atoms with van der Waals surface area (Å²) in [4.78, 5) is 22.3. The fourth-order valence-corrected chi connectivity index (χ4v) is 1.11. The summed E-state index contributed by atoms with van der Waals surface area (Å²) < 4.78 is 5.76. The molecular formula is C10H10N2O3. The third-order valence-electron chi connectivity index (χ3n) is 1.93. The minimum absolute atomic E-state index is 0.0716. The molecule has 0 aromatic carbocycles. The largest absolute Gasteiger partial charge is 0.469 e. The first kappa shape index (κ1) is 11.0. The first-order valence-corrected chi connectivity index (χ1v) is 4.35. The Morgan fingerprint density at radius 1 is 1.67 bits per heavy atom. The van der Waals surface area contributed by atoms with E-state index < -0.39 is 0 Å². The Kier molecular flexibility index (Phi) is 3.63. The Morgan fingerprint density at radius 3 is 3.00 bits per heavy atom. The van der Waals surface area contributed by atoms with Crippen LogP contribution < -0.4 is 5.56 Å². The third-order valence-corrected chi connectivity index (χ3v) is 1.93. The van der Waals surface area contributed by atoms with Crippen molar-refractivity contribution in [2.45, 2.75) is 13.0 Å². The molecule has 0 atom stereocenters. The van der Waals surface area contributed by atoms with Crippen LogP contribution in [0.3, 0.4) is 0 Å². The molecule has 0 bridgehead atoms. The number of aromatic nitrogens is 1. The maximum Gasteiger partial charge on any atom is 0.307 e. The molecule has 0 aliphatic carbocycles. The van der Waals surface area contributed by atoms with Crippen LogP contribution in [0.1, 0.15) is 12.0 Å². The highest BCUT2D eigenvalue weighted by Gasteiger charge is 2.04. The lowest BCUT2D eigenvalue weighted by Crippen LogP contribution is -2.23.